The molecule has 0 unspecified atom stereocenters. The molecule has 2 aromatic rings. The number of phenols is 1. The van der Waals surface area contributed by atoms with Crippen LogP contribution in [0.5, 0.6) is 5.75 Å². The normalized spacial score (nSPS) is 10.5. The van der Waals surface area contributed by atoms with Gasteiger partial charge in [0.05, 0.1) is 4.92 Å². The molecule has 0 saturated heterocycles. The van der Waals surface area contributed by atoms with Gasteiger partial charge in [0.1, 0.15) is 5.75 Å². The number of aromatic amines is 1. The van der Waals surface area contributed by atoms with Gasteiger partial charge in [0.15, 0.2) is 11.0 Å². The van der Waals surface area contributed by atoms with E-state index < -0.39 is 4.92 Å². The second-order valence-electron chi connectivity index (χ2n) is 2.40. The number of nitro benzene ring substituents is 1. The second kappa shape index (κ2) is 2.41. The molecule has 1 heterocycles. The average Bonchev–Trinajstić information content (AvgIpc) is 2.53. The SMILES string of the molecule is O=[N+]([O-])c1ccc(O)c2nn[nH]c12. The molecule has 0 atom stereocenters. The van der Waals surface area contributed by atoms with E-state index >= 15 is 0 Å². The molecule has 0 aliphatic heterocycles. The minimum atomic E-state index is -0.568. The summed E-state index contributed by atoms with van der Waals surface area (Å²) in [7, 11) is 0. The number of hydrogen-bond acceptors (Lipinski definition) is 5. The number of rotatable bonds is 1. The highest BCUT2D eigenvalue weighted by atomic mass is 16.6. The van der Waals surface area contributed by atoms with E-state index in [1.54, 1.807) is 0 Å². The van der Waals surface area contributed by atoms with Crippen molar-refractivity contribution in [1.29, 1.82) is 0 Å². The summed E-state index contributed by atoms with van der Waals surface area (Å²) in [4.78, 5) is 9.90. The van der Waals surface area contributed by atoms with Crippen LogP contribution in [0.3, 0.4) is 0 Å². The molecule has 0 spiro atoms. The number of nitrogens with one attached hydrogen (secondary N) is 1. The number of nitro groups is 1. The molecule has 0 amide bonds. The van der Waals surface area contributed by atoms with Crippen LogP contribution in [0.25, 0.3) is 11.0 Å². The fourth-order valence-electron chi connectivity index (χ4n) is 1.06. The largest absolute Gasteiger partial charge is 0.506 e. The van der Waals surface area contributed by atoms with E-state index in [0.29, 0.717) is 0 Å². The van der Waals surface area contributed by atoms with Crippen molar-refractivity contribution >= 4 is 16.7 Å². The summed E-state index contributed by atoms with van der Waals surface area (Å²) in [6.45, 7) is 0. The minimum absolute atomic E-state index is 0.106. The molecular formula is C6H4N4O3. The molecular weight excluding hydrogens is 176 g/mol. The van der Waals surface area contributed by atoms with Gasteiger partial charge in [0, 0.05) is 6.07 Å². The Morgan fingerprint density at radius 3 is 3.00 bits per heavy atom. The van der Waals surface area contributed by atoms with Crippen LogP contribution in [0.1, 0.15) is 0 Å². The van der Waals surface area contributed by atoms with Crippen LogP contribution in [0.4, 0.5) is 5.69 Å². The van der Waals surface area contributed by atoms with Crippen LogP contribution in [-0.2, 0) is 0 Å². The van der Waals surface area contributed by atoms with Crippen LogP contribution in [-0.4, -0.2) is 25.4 Å². The zero-order valence-electron chi connectivity index (χ0n) is 6.26. The smallest absolute Gasteiger partial charge is 0.296 e. The molecule has 7 heteroatoms. The van der Waals surface area contributed by atoms with Crippen molar-refractivity contribution in [3.63, 3.8) is 0 Å². The van der Waals surface area contributed by atoms with Gasteiger partial charge in [-0.15, -0.1) is 5.10 Å². The topological polar surface area (TPSA) is 105 Å². The summed E-state index contributed by atoms with van der Waals surface area (Å²) in [5.74, 6) is -0.130. The van der Waals surface area contributed by atoms with Gasteiger partial charge in [-0.25, -0.2) is 0 Å². The molecule has 13 heavy (non-hydrogen) atoms. The van der Waals surface area contributed by atoms with Crippen molar-refractivity contribution in [2.24, 2.45) is 0 Å². The van der Waals surface area contributed by atoms with Crippen LogP contribution in [0.2, 0.25) is 0 Å². The molecule has 0 fully saturated rings. The molecule has 0 bridgehead atoms. The quantitative estimate of drug-likeness (QED) is 0.493. The van der Waals surface area contributed by atoms with E-state index in [1.807, 2.05) is 0 Å². The molecule has 1 aromatic carbocycles. The van der Waals surface area contributed by atoms with Gasteiger partial charge in [0.25, 0.3) is 5.69 Å². The summed E-state index contributed by atoms with van der Waals surface area (Å²) < 4.78 is 0. The summed E-state index contributed by atoms with van der Waals surface area (Å²) >= 11 is 0. The lowest BCUT2D eigenvalue weighted by molar-refractivity contribution is -0.383. The first kappa shape index (κ1) is 7.47. The molecule has 0 saturated carbocycles. The van der Waals surface area contributed by atoms with E-state index in [-0.39, 0.29) is 22.5 Å². The molecule has 66 valence electrons. The first-order valence-electron chi connectivity index (χ1n) is 3.37. The molecule has 7 nitrogen and oxygen atoms in total. The van der Waals surface area contributed by atoms with Crippen molar-refractivity contribution < 1.29 is 10.0 Å². The highest BCUT2D eigenvalue weighted by molar-refractivity contribution is 5.88. The Kier molecular flexibility index (Phi) is 1.38. The predicted molar refractivity (Wildman–Crippen MR) is 42.2 cm³/mol. The van der Waals surface area contributed by atoms with Gasteiger partial charge in [-0.05, 0) is 6.07 Å². The van der Waals surface area contributed by atoms with Crippen LogP contribution in [0.15, 0.2) is 12.1 Å². The number of benzene rings is 1. The molecule has 1 aromatic heterocycles. The molecule has 2 rings (SSSR count). The second-order valence-corrected chi connectivity index (χ2v) is 2.40. The number of nitrogens with zero attached hydrogens (tertiary/aromatic N) is 3. The van der Waals surface area contributed by atoms with Crippen LogP contribution < -0.4 is 0 Å². The standard InChI is InChI=1S/C6H4N4O3/c11-4-2-1-3(10(12)13)5-6(4)8-9-7-5/h1-2,11H,(H,7,8,9). The number of aromatic hydroxyl groups is 1. The van der Waals surface area contributed by atoms with Gasteiger partial charge < -0.3 is 5.11 Å². The highest BCUT2D eigenvalue weighted by Gasteiger charge is 2.16. The summed E-state index contributed by atoms with van der Waals surface area (Å²) in [5.41, 5.74) is 0.0806. The first-order chi connectivity index (χ1) is 6.20. The monoisotopic (exact) mass is 180 g/mol. The van der Waals surface area contributed by atoms with E-state index in [4.69, 9.17) is 0 Å². The Morgan fingerprint density at radius 2 is 2.31 bits per heavy atom. The number of non-ortho nitro benzene ring substituents is 1. The summed E-state index contributed by atoms with van der Waals surface area (Å²) in [5, 5.41) is 28.9. The van der Waals surface area contributed by atoms with Gasteiger partial charge in [-0.2, -0.15) is 0 Å². The predicted octanol–water partition coefficient (Wildman–Crippen LogP) is 0.572. The first-order valence-corrected chi connectivity index (χ1v) is 3.37. The Labute approximate surface area is 71.1 Å². The zero-order chi connectivity index (χ0) is 9.42. The van der Waals surface area contributed by atoms with Crippen molar-refractivity contribution in [2.75, 3.05) is 0 Å². The third-order valence-electron chi connectivity index (χ3n) is 1.64. The fraction of sp³-hybridized carbons (Fsp3) is 0. The van der Waals surface area contributed by atoms with E-state index in [1.165, 1.54) is 12.1 Å². The van der Waals surface area contributed by atoms with E-state index in [9.17, 15) is 15.2 Å². The van der Waals surface area contributed by atoms with E-state index in [2.05, 4.69) is 15.4 Å². The van der Waals surface area contributed by atoms with Crippen molar-refractivity contribution in [3.05, 3.63) is 22.2 Å². The Balaban J connectivity index is 2.86. The lowest BCUT2D eigenvalue weighted by Crippen LogP contribution is -1.88. The molecule has 0 radical (unpaired) electrons. The van der Waals surface area contributed by atoms with E-state index in [0.717, 1.165) is 0 Å². The number of aromatic nitrogens is 3. The Morgan fingerprint density at radius 1 is 1.54 bits per heavy atom. The van der Waals surface area contributed by atoms with Gasteiger partial charge >= 0.3 is 0 Å². The lowest BCUT2D eigenvalue weighted by Gasteiger charge is -1.93. The third kappa shape index (κ3) is 0.975. The third-order valence-corrected chi connectivity index (χ3v) is 1.64. The van der Waals surface area contributed by atoms with Crippen molar-refractivity contribution in [1.82, 2.24) is 15.4 Å². The van der Waals surface area contributed by atoms with Crippen molar-refractivity contribution in [2.45, 2.75) is 0 Å². The number of H-pyrrole nitrogens is 1. The fourth-order valence-corrected chi connectivity index (χ4v) is 1.06. The van der Waals surface area contributed by atoms with Gasteiger partial charge in [-0.3, -0.25) is 15.2 Å². The molecule has 2 N–H and O–H groups in total. The number of phenolic OH excluding ortho intramolecular Hbond substituents is 1. The van der Waals surface area contributed by atoms with Gasteiger partial charge in [-0.1, -0.05) is 5.21 Å². The number of fused-ring (bicyclic) bond motifs is 1. The number of hydrogen-bond donors (Lipinski definition) is 2. The Bertz CT molecular complexity index is 478. The molecule has 0 aliphatic rings. The maximum absolute atomic E-state index is 10.5. The van der Waals surface area contributed by atoms with Crippen LogP contribution >= 0.6 is 0 Å². The Hall–Kier alpha value is -2.18. The maximum Gasteiger partial charge on any atom is 0.296 e. The van der Waals surface area contributed by atoms with Gasteiger partial charge in [0.2, 0.25) is 0 Å². The summed E-state index contributed by atoms with van der Waals surface area (Å²) in [6.07, 6.45) is 0. The summed E-state index contributed by atoms with van der Waals surface area (Å²) in [6, 6.07) is 2.40. The maximum atomic E-state index is 10.5. The molecule has 0 aliphatic carbocycles. The average molecular weight is 180 g/mol. The highest BCUT2D eigenvalue weighted by Crippen LogP contribution is 2.28. The zero-order valence-corrected chi connectivity index (χ0v) is 6.26. The lowest BCUT2D eigenvalue weighted by atomic mass is 10.2. The van der Waals surface area contributed by atoms with Crippen molar-refractivity contribution in [3.8, 4) is 5.75 Å². The minimum Gasteiger partial charge on any atom is -0.506 e. The van der Waals surface area contributed by atoms with Crippen LogP contribution in [0, 0.1) is 10.1 Å².